The fraction of sp³-hybridized carbons (Fsp3) is 0.182. The molecule has 4 rings (SSSR count). The van der Waals surface area contributed by atoms with Crippen LogP contribution in [0.2, 0.25) is 0 Å². The van der Waals surface area contributed by atoms with Gasteiger partial charge in [-0.15, -0.1) is 0 Å². The Morgan fingerprint density at radius 3 is 1.83 bits per heavy atom. The molecule has 1 heterocycles. The Balaban J connectivity index is 1.60. The van der Waals surface area contributed by atoms with Crippen LogP contribution in [0.4, 0.5) is 0 Å². The molecule has 0 aromatic heterocycles. The Labute approximate surface area is 171 Å². The van der Waals surface area contributed by atoms with E-state index >= 15 is 0 Å². The van der Waals surface area contributed by atoms with Crippen molar-refractivity contribution in [2.45, 2.75) is 0 Å². The Hall–Kier alpha value is -2.32. The summed E-state index contributed by atoms with van der Waals surface area (Å²) < 4.78 is 36.5. The smallest absolute Gasteiger partial charge is 0.416 e. The van der Waals surface area contributed by atoms with Gasteiger partial charge in [0.1, 0.15) is 18.8 Å². The van der Waals surface area contributed by atoms with Gasteiger partial charge in [-0.05, 0) is 24.3 Å². The van der Waals surface area contributed by atoms with E-state index in [0.29, 0.717) is 30.8 Å². The van der Waals surface area contributed by atoms with Crippen LogP contribution in [-0.2, 0) is 9.09 Å². The standard InChI is InChI=1S/C22H23NO4P2/c24-29(26-20-10-4-1-5-11-20,27-21-12-6-2-7-13-21)19-18-28(23-16-17-25-28)22-14-8-3-9-15-22/h1-15H,16-19H2. The molecule has 1 unspecified atom stereocenters. The van der Waals surface area contributed by atoms with Crippen LogP contribution in [0.1, 0.15) is 0 Å². The third-order valence-corrected chi connectivity index (χ3v) is 9.84. The maximum atomic E-state index is 13.8. The van der Waals surface area contributed by atoms with Crippen LogP contribution in [0, 0.1) is 0 Å². The molecule has 0 aliphatic carbocycles. The lowest BCUT2D eigenvalue weighted by atomic mass is 10.3. The molecule has 7 heteroatoms. The van der Waals surface area contributed by atoms with E-state index in [1.165, 1.54) is 0 Å². The number of hydrogen-bond acceptors (Lipinski definition) is 5. The molecule has 0 amide bonds. The highest BCUT2D eigenvalue weighted by Crippen LogP contribution is 2.57. The third-order valence-electron chi connectivity index (χ3n) is 4.54. The van der Waals surface area contributed by atoms with Gasteiger partial charge in [-0.25, -0.2) is 4.57 Å². The van der Waals surface area contributed by atoms with Gasteiger partial charge in [0.2, 0.25) is 0 Å². The number of nitrogens with zero attached hydrogens (tertiary/aromatic N) is 1. The van der Waals surface area contributed by atoms with Crippen LogP contribution in [0.3, 0.4) is 0 Å². The van der Waals surface area contributed by atoms with Crippen molar-refractivity contribution in [2.24, 2.45) is 4.74 Å². The molecular weight excluding hydrogens is 404 g/mol. The minimum atomic E-state index is -3.49. The molecule has 0 saturated heterocycles. The molecule has 0 radical (unpaired) electrons. The first-order valence-electron chi connectivity index (χ1n) is 9.53. The highest BCUT2D eigenvalue weighted by atomic mass is 31.2. The number of hydrogen-bond donors (Lipinski definition) is 0. The molecule has 1 aliphatic rings. The molecule has 5 nitrogen and oxygen atoms in total. The molecular formula is C22H23NO4P2. The number of benzene rings is 3. The topological polar surface area (TPSA) is 57.1 Å². The van der Waals surface area contributed by atoms with E-state index in [1.54, 1.807) is 24.3 Å². The fourth-order valence-electron chi connectivity index (χ4n) is 3.17. The zero-order valence-corrected chi connectivity index (χ0v) is 17.8. The van der Waals surface area contributed by atoms with E-state index in [2.05, 4.69) is 0 Å². The lowest BCUT2D eigenvalue weighted by molar-refractivity contribution is 0.380. The lowest BCUT2D eigenvalue weighted by Gasteiger charge is -2.24. The highest BCUT2D eigenvalue weighted by Gasteiger charge is 2.35. The van der Waals surface area contributed by atoms with Crippen LogP contribution in [0.15, 0.2) is 95.7 Å². The van der Waals surface area contributed by atoms with Crippen molar-refractivity contribution >= 4 is 20.2 Å². The Bertz CT molecular complexity index is 981. The molecule has 3 aromatic rings. The average molecular weight is 427 g/mol. The van der Waals surface area contributed by atoms with Gasteiger partial charge in [0.15, 0.2) is 0 Å². The molecule has 0 N–H and O–H groups in total. The molecule has 150 valence electrons. The molecule has 3 aromatic carbocycles. The molecule has 1 atom stereocenters. The van der Waals surface area contributed by atoms with Gasteiger partial charge in [0.05, 0.1) is 19.3 Å². The van der Waals surface area contributed by atoms with E-state index in [-0.39, 0.29) is 6.16 Å². The van der Waals surface area contributed by atoms with Gasteiger partial charge in [-0.2, -0.15) is 0 Å². The van der Waals surface area contributed by atoms with E-state index in [4.69, 9.17) is 18.3 Å². The normalized spacial score (nSPS) is 18.8. The maximum absolute atomic E-state index is 13.8. The summed E-state index contributed by atoms with van der Waals surface area (Å²) in [5.41, 5.74) is 0. The van der Waals surface area contributed by atoms with Crippen molar-refractivity contribution in [3.05, 3.63) is 91.0 Å². The maximum Gasteiger partial charge on any atom is 0.431 e. The van der Waals surface area contributed by atoms with Gasteiger partial charge in [-0.3, -0.25) is 4.74 Å². The largest absolute Gasteiger partial charge is 0.431 e. The van der Waals surface area contributed by atoms with Crippen molar-refractivity contribution < 1.29 is 18.1 Å². The second-order valence-electron chi connectivity index (χ2n) is 6.60. The lowest BCUT2D eigenvalue weighted by Crippen LogP contribution is -2.14. The molecule has 0 bridgehead atoms. The average Bonchev–Trinajstić information content (AvgIpc) is 3.25. The van der Waals surface area contributed by atoms with Crippen molar-refractivity contribution in [1.82, 2.24) is 0 Å². The van der Waals surface area contributed by atoms with Crippen molar-refractivity contribution in [3.63, 3.8) is 0 Å². The van der Waals surface area contributed by atoms with Crippen molar-refractivity contribution in [1.29, 1.82) is 0 Å². The summed E-state index contributed by atoms with van der Waals surface area (Å²) in [7, 11) is -5.70. The van der Waals surface area contributed by atoms with Crippen LogP contribution < -0.4 is 14.4 Å². The zero-order chi connectivity index (χ0) is 20.0. The minimum Gasteiger partial charge on any atom is -0.416 e. The number of rotatable bonds is 8. The predicted octanol–water partition coefficient (Wildman–Crippen LogP) is 5.81. The summed E-state index contributed by atoms with van der Waals surface area (Å²) in [6.45, 7) is 1.25. The summed E-state index contributed by atoms with van der Waals surface area (Å²) in [5, 5.41) is 1.06. The van der Waals surface area contributed by atoms with Crippen LogP contribution in [-0.4, -0.2) is 25.5 Å². The quantitative estimate of drug-likeness (QED) is 0.426. The highest BCUT2D eigenvalue weighted by molar-refractivity contribution is 7.70. The first kappa shape index (κ1) is 20.0. The fourth-order valence-corrected chi connectivity index (χ4v) is 8.69. The summed E-state index contributed by atoms with van der Waals surface area (Å²) in [6, 6.07) is 28.2. The SMILES string of the molecule is O=P(CCP1(c2ccccc2)=NCCO1)(Oc1ccccc1)Oc1ccccc1. The van der Waals surface area contributed by atoms with Crippen LogP contribution >= 0.6 is 14.9 Å². The second-order valence-corrected chi connectivity index (χ2v) is 11.5. The molecule has 0 fully saturated rings. The molecule has 0 saturated carbocycles. The van der Waals surface area contributed by atoms with Crippen LogP contribution in [0.25, 0.3) is 0 Å². The Morgan fingerprint density at radius 1 is 0.828 bits per heavy atom. The molecule has 1 aliphatic heterocycles. The molecule has 29 heavy (non-hydrogen) atoms. The minimum absolute atomic E-state index is 0.211. The Morgan fingerprint density at radius 2 is 1.34 bits per heavy atom. The summed E-state index contributed by atoms with van der Waals surface area (Å²) in [4.78, 5) is 0. The van der Waals surface area contributed by atoms with Crippen molar-refractivity contribution in [3.8, 4) is 11.5 Å². The first-order chi connectivity index (χ1) is 14.2. The van der Waals surface area contributed by atoms with Crippen molar-refractivity contribution in [2.75, 3.05) is 25.5 Å². The molecule has 0 spiro atoms. The summed E-state index contributed by atoms with van der Waals surface area (Å²) in [5.74, 6) is 1.03. The van der Waals surface area contributed by atoms with Gasteiger partial charge >= 0.3 is 7.60 Å². The Kier molecular flexibility index (Phi) is 6.20. The van der Waals surface area contributed by atoms with Gasteiger partial charge in [-0.1, -0.05) is 66.7 Å². The number of para-hydroxylation sites is 2. The van der Waals surface area contributed by atoms with Gasteiger partial charge in [0, 0.05) is 11.5 Å². The van der Waals surface area contributed by atoms with E-state index in [9.17, 15) is 4.57 Å². The van der Waals surface area contributed by atoms with Crippen LogP contribution in [0.5, 0.6) is 11.5 Å². The predicted molar refractivity (Wildman–Crippen MR) is 118 cm³/mol. The first-order valence-corrected chi connectivity index (χ1v) is 13.1. The van der Waals surface area contributed by atoms with E-state index in [0.717, 1.165) is 5.30 Å². The summed E-state index contributed by atoms with van der Waals surface area (Å²) in [6.07, 6.45) is 0.719. The zero-order valence-electron chi connectivity index (χ0n) is 16.0. The van der Waals surface area contributed by atoms with E-state index < -0.39 is 14.9 Å². The summed E-state index contributed by atoms with van der Waals surface area (Å²) >= 11 is 0. The monoisotopic (exact) mass is 427 g/mol. The second kappa shape index (κ2) is 9.00. The van der Waals surface area contributed by atoms with E-state index in [1.807, 2.05) is 66.7 Å². The van der Waals surface area contributed by atoms with Gasteiger partial charge < -0.3 is 13.6 Å². The van der Waals surface area contributed by atoms with Gasteiger partial charge in [0.25, 0.3) is 0 Å². The third kappa shape index (κ3) is 5.00.